The third kappa shape index (κ3) is 2.96. The van der Waals surface area contributed by atoms with Gasteiger partial charge in [-0.3, -0.25) is 0 Å². The zero-order valence-electron chi connectivity index (χ0n) is 15.3. The van der Waals surface area contributed by atoms with Gasteiger partial charge >= 0.3 is 0 Å². The molecule has 2 heterocycles. The van der Waals surface area contributed by atoms with E-state index in [1.807, 2.05) is 73.1 Å². The molecule has 0 saturated carbocycles. The van der Waals surface area contributed by atoms with Gasteiger partial charge in [0.2, 0.25) is 11.8 Å². The molecule has 1 unspecified atom stereocenters. The van der Waals surface area contributed by atoms with Crippen molar-refractivity contribution in [1.82, 2.24) is 9.78 Å². The van der Waals surface area contributed by atoms with Crippen LogP contribution in [0, 0.1) is 25.2 Å². The summed E-state index contributed by atoms with van der Waals surface area (Å²) in [5.74, 6) is 0.479. The number of rotatable bonds is 3. The normalized spacial score (nSPS) is 15.8. The van der Waals surface area contributed by atoms with E-state index in [1.165, 1.54) is 0 Å². The lowest BCUT2D eigenvalue weighted by molar-refractivity contribution is 0.352. The maximum atomic E-state index is 9.71. The molecule has 2 aromatic carbocycles. The maximum absolute atomic E-state index is 9.71. The molecule has 0 spiro atoms. The number of nitrogens with two attached hydrogens (primary N) is 1. The van der Waals surface area contributed by atoms with Crippen LogP contribution in [0.25, 0.3) is 0 Å². The van der Waals surface area contributed by atoms with Gasteiger partial charge in [-0.15, -0.1) is 0 Å². The van der Waals surface area contributed by atoms with E-state index in [9.17, 15) is 5.26 Å². The lowest BCUT2D eigenvalue weighted by atomic mass is 9.84. The fourth-order valence-electron chi connectivity index (χ4n) is 3.54. The molecule has 0 bridgehead atoms. The molecular weight excluding hydrogens is 336 g/mol. The molecule has 0 amide bonds. The van der Waals surface area contributed by atoms with Crippen molar-refractivity contribution in [3.8, 4) is 11.9 Å². The third-order valence-electron chi connectivity index (χ3n) is 4.88. The first kappa shape index (κ1) is 16.9. The van der Waals surface area contributed by atoms with Crippen LogP contribution in [0.3, 0.4) is 0 Å². The zero-order chi connectivity index (χ0) is 19.0. The minimum atomic E-state index is -0.274. The second kappa shape index (κ2) is 6.65. The van der Waals surface area contributed by atoms with Gasteiger partial charge in [-0.1, -0.05) is 60.2 Å². The number of aryl methyl sites for hydroxylation is 2. The van der Waals surface area contributed by atoms with Crippen molar-refractivity contribution >= 4 is 0 Å². The molecule has 2 N–H and O–H groups in total. The summed E-state index contributed by atoms with van der Waals surface area (Å²) in [7, 11) is 0. The van der Waals surface area contributed by atoms with Gasteiger partial charge < -0.3 is 10.5 Å². The molecule has 0 saturated heterocycles. The molecule has 5 heteroatoms. The number of hydrogen-bond donors (Lipinski definition) is 1. The van der Waals surface area contributed by atoms with Crippen LogP contribution in [-0.2, 0) is 6.54 Å². The van der Waals surface area contributed by atoms with Gasteiger partial charge in [0.15, 0.2) is 0 Å². The van der Waals surface area contributed by atoms with E-state index in [1.54, 1.807) is 0 Å². The van der Waals surface area contributed by atoms with Crippen LogP contribution in [0.5, 0.6) is 5.88 Å². The predicted octanol–water partition coefficient (Wildman–Crippen LogP) is 3.77. The molecule has 0 fully saturated rings. The van der Waals surface area contributed by atoms with Gasteiger partial charge in [0.05, 0.1) is 23.7 Å². The molecule has 27 heavy (non-hydrogen) atoms. The van der Waals surface area contributed by atoms with Crippen molar-refractivity contribution in [2.45, 2.75) is 26.3 Å². The van der Waals surface area contributed by atoms with E-state index >= 15 is 0 Å². The standard InChI is InChI=1S/C22H20N4O/c1-14-8-10-17(11-9-14)20-18(12-23)21(24)27-22-19(20)15(2)25-26(22)13-16-6-4-3-5-7-16/h3-11,20H,13,24H2,1-2H3. The summed E-state index contributed by atoms with van der Waals surface area (Å²) >= 11 is 0. The summed E-state index contributed by atoms with van der Waals surface area (Å²) in [5.41, 5.74) is 11.6. The highest BCUT2D eigenvalue weighted by Gasteiger charge is 2.35. The molecule has 1 atom stereocenters. The molecule has 5 nitrogen and oxygen atoms in total. The Morgan fingerprint density at radius 2 is 1.81 bits per heavy atom. The van der Waals surface area contributed by atoms with E-state index in [4.69, 9.17) is 10.5 Å². The van der Waals surface area contributed by atoms with Crippen molar-refractivity contribution in [3.63, 3.8) is 0 Å². The molecule has 4 rings (SSSR count). The summed E-state index contributed by atoms with van der Waals surface area (Å²) < 4.78 is 7.69. The number of fused-ring (bicyclic) bond motifs is 1. The van der Waals surface area contributed by atoms with E-state index in [0.717, 1.165) is 27.9 Å². The van der Waals surface area contributed by atoms with Gasteiger partial charge in [-0.2, -0.15) is 10.4 Å². The molecule has 1 aliphatic rings. The van der Waals surface area contributed by atoms with Crippen LogP contribution >= 0.6 is 0 Å². The quantitative estimate of drug-likeness (QED) is 0.775. The van der Waals surface area contributed by atoms with E-state index in [0.29, 0.717) is 18.0 Å². The van der Waals surface area contributed by atoms with Crippen LogP contribution < -0.4 is 10.5 Å². The average molecular weight is 356 g/mol. The van der Waals surface area contributed by atoms with Crippen LogP contribution in [0.15, 0.2) is 66.1 Å². The second-order valence-electron chi connectivity index (χ2n) is 6.78. The lowest BCUT2D eigenvalue weighted by Crippen LogP contribution is -2.22. The third-order valence-corrected chi connectivity index (χ3v) is 4.88. The number of ether oxygens (including phenoxy) is 1. The van der Waals surface area contributed by atoms with E-state index in [-0.39, 0.29) is 11.8 Å². The highest BCUT2D eigenvalue weighted by Crippen LogP contribution is 2.43. The van der Waals surface area contributed by atoms with Crippen LogP contribution in [0.2, 0.25) is 0 Å². The highest BCUT2D eigenvalue weighted by atomic mass is 16.5. The van der Waals surface area contributed by atoms with Gasteiger partial charge in [0.1, 0.15) is 11.6 Å². The van der Waals surface area contributed by atoms with Gasteiger partial charge in [0, 0.05) is 0 Å². The highest BCUT2D eigenvalue weighted by molar-refractivity contribution is 5.55. The van der Waals surface area contributed by atoms with Crippen molar-refractivity contribution < 1.29 is 4.74 Å². The van der Waals surface area contributed by atoms with Gasteiger partial charge in [-0.05, 0) is 25.0 Å². The topological polar surface area (TPSA) is 76.9 Å². The monoisotopic (exact) mass is 356 g/mol. The molecule has 0 radical (unpaired) electrons. The van der Waals surface area contributed by atoms with Gasteiger partial charge in [0.25, 0.3) is 0 Å². The Kier molecular flexibility index (Phi) is 4.17. The molecule has 1 aliphatic heterocycles. The summed E-state index contributed by atoms with van der Waals surface area (Å²) in [6, 6.07) is 20.5. The fraction of sp³-hybridized carbons (Fsp3) is 0.182. The largest absolute Gasteiger partial charge is 0.422 e. The second-order valence-corrected chi connectivity index (χ2v) is 6.78. The Bertz CT molecular complexity index is 1060. The van der Waals surface area contributed by atoms with Crippen molar-refractivity contribution in [2.24, 2.45) is 5.73 Å². The van der Waals surface area contributed by atoms with E-state index in [2.05, 4.69) is 11.2 Å². The van der Waals surface area contributed by atoms with Crippen LogP contribution in [-0.4, -0.2) is 9.78 Å². The number of allylic oxidation sites excluding steroid dienone is 1. The number of nitrogens with zero attached hydrogens (tertiary/aromatic N) is 3. The number of aromatic nitrogens is 2. The smallest absolute Gasteiger partial charge is 0.224 e. The average Bonchev–Trinajstić information content (AvgIpc) is 2.97. The molecule has 3 aromatic rings. The van der Waals surface area contributed by atoms with Gasteiger partial charge in [-0.25, -0.2) is 4.68 Å². The van der Waals surface area contributed by atoms with Crippen molar-refractivity contribution in [1.29, 1.82) is 5.26 Å². The van der Waals surface area contributed by atoms with Crippen molar-refractivity contribution in [2.75, 3.05) is 0 Å². The number of benzene rings is 2. The minimum Gasteiger partial charge on any atom is -0.422 e. The first-order valence-electron chi connectivity index (χ1n) is 8.84. The van der Waals surface area contributed by atoms with E-state index < -0.39 is 0 Å². The summed E-state index contributed by atoms with van der Waals surface area (Å²) in [5, 5.41) is 14.4. The summed E-state index contributed by atoms with van der Waals surface area (Å²) in [4.78, 5) is 0. The summed E-state index contributed by atoms with van der Waals surface area (Å²) in [6.45, 7) is 4.56. The number of nitriles is 1. The van der Waals surface area contributed by atoms with Crippen LogP contribution in [0.4, 0.5) is 0 Å². The first-order chi connectivity index (χ1) is 13.1. The Morgan fingerprint density at radius 3 is 2.48 bits per heavy atom. The van der Waals surface area contributed by atoms with Crippen LogP contribution in [0.1, 0.15) is 33.9 Å². The minimum absolute atomic E-state index is 0.143. The predicted molar refractivity (Wildman–Crippen MR) is 103 cm³/mol. The molecular formula is C22H20N4O. The Morgan fingerprint density at radius 1 is 1.11 bits per heavy atom. The first-order valence-corrected chi connectivity index (χ1v) is 8.84. The fourth-order valence-corrected chi connectivity index (χ4v) is 3.54. The molecule has 1 aromatic heterocycles. The van der Waals surface area contributed by atoms with Crippen molar-refractivity contribution in [3.05, 3.63) is 94.0 Å². The zero-order valence-corrected chi connectivity index (χ0v) is 15.3. The number of hydrogen-bond acceptors (Lipinski definition) is 4. The molecule has 134 valence electrons. The SMILES string of the molecule is Cc1ccc(C2C(C#N)=C(N)Oc3c2c(C)nn3Cc2ccccc2)cc1. The maximum Gasteiger partial charge on any atom is 0.224 e. The Balaban J connectivity index is 1.85. The molecule has 0 aliphatic carbocycles. The summed E-state index contributed by atoms with van der Waals surface area (Å²) in [6.07, 6.45) is 0. The Labute approximate surface area is 158 Å². The Hall–Kier alpha value is -3.52. The lowest BCUT2D eigenvalue weighted by Gasteiger charge is -2.25.